The third-order valence-corrected chi connectivity index (χ3v) is 2.49. The van der Waals surface area contributed by atoms with E-state index in [-0.39, 0.29) is 5.75 Å². The first-order valence-corrected chi connectivity index (χ1v) is 4.95. The molecule has 1 heterocycles. The number of rotatable bonds is 1. The molecule has 0 saturated carbocycles. The molecule has 0 fully saturated rings. The summed E-state index contributed by atoms with van der Waals surface area (Å²) in [6, 6.07) is 13.1. The zero-order valence-electron chi connectivity index (χ0n) is 8.90. The van der Waals surface area contributed by atoms with Gasteiger partial charge in [0, 0.05) is 32.0 Å². The second kappa shape index (κ2) is 3.73. The lowest BCUT2D eigenvalue weighted by molar-refractivity contribution is -0.613. The minimum absolute atomic E-state index is 0.0555. The molecule has 2 rings (SSSR count). The summed E-state index contributed by atoms with van der Waals surface area (Å²) in [6.07, 6.45) is 0. The van der Waals surface area contributed by atoms with Crippen LogP contribution in [0.3, 0.4) is 0 Å². The van der Waals surface area contributed by atoms with Crippen LogP contribution < -0.4 is 9.67 Å². The van der Waals surface area contributed by atoms with Crippen molar-refractivity contribution in [2.45, 2.75) is 13.8 Å². The van der Waals surface area contributed by atoms with Gasteiger partial charge < -0.3 is 5.11 Å². The molecule has 2 nitrogen and oxygen atoms in total. The molecule has 76 valence electrons. The van der Waals surface area contributed by atoms with Gasteiger partial charge in [-0.2, -0.15) is 4.57 Å². The van der Waals surface area contributed by atoms with E-state index >= 15 is 0 Å². The van der Waals surface area contributed by atoms with Crippen molar-refractivity contribution in [1.82, 2.24) is 0 Å². The Kier molecular flexibility index (Phi) is 2.42. The Morgan fingerprint density at radius 3 is 2.07 bits per heavy atom. The summed E-state index contributed by atoms with van der Waals surface area (Å²) < 4.78 is 1.97. The van der Waals surface area contributed by atoms with Gasteiger partial charge in [0.05, 0.1) is 0 Å². The van der Waals surface area contributed by atoms with E-state index in [4.69, 9.17) is 0 Å². The topological polar surface area (TPSA) is 26.9 Å². The van der Waals surface area contributed by atoms with Crippen molar-refractivity contribution in [3.63, 3.8) is 0 Å². The minimum atomic E-state index is 0.0555. The highest BCUT2D eigenvalue weighted by atomic mass is 16.3. The maximum absolute atomic E-state index is 11.7. The molecule has 2 aromatic rings. The van der Waals surface area contributed by atoms with E-state index < -0.39 is 0 Å². The molecule has 0 saturated heterocycles. The third kappa shape index (κ3) is 1.71. The number of para-hydroxylation sites is 2. The van der Waals surface area contributed by atoms with Gasteiger partial charge in [-0.3, -0.25) is 0 Å². The molecule has 15 heavy (non-hydrogen) atoms. The molecule has 0 N–H and O–H groups in total. The van der Waals surface area contributed by atoms with Crippen LogP contribution in [-0.2, 0) is 0 Å². The van der Waals surface area contributed by atoms with Crippen LogP contribution in [-0.4, -0.2) is 0 Å². The van der Waals surface area contributed by atoms with E-state index in [1.807, 2.05) is 48.7 Å². The monoisotopic (exact) mass is 199 g/mol. The van der Waals surface area contributed by atoms with Gasteiger partial charge in [0.1, 0.15) is 0 Å². The smallest absolute Gasteiger partial charge is 0.203 e. The van der Waals surface area contributed by atoms with Gasteiger partial charge in [0.25, 0.3) is 0 Å². The molecule has 0 radical (unpaired) electrons. The summed E-state index contributed by atoms with van der Waals surface area (Å²) in [5.74, 6) is 0.0555. The van der Waals surface area contributed by atoms with Crippen LogP contribution >= 0.6 is 0 Å². The molecule has 1 aromatic heterocycles. The average Bonchev–Trinajstić information content (AvgIpc) is 2.20. The van der Waals surface area contributed by atoms with Crippen molar-refractivity contribution in [2.75, 3.05) is 0 Å². The maximum atomic E-state index is 11.7. The standard InChI is InChI=1S/C13H13NO/c1-10-6-5-7-11(2)14(10)12-8-3-4-9-13(12)15/h3-9H,1-2H3. The van der Waals surface area contributed by atoms with E-state index in [0.29, 0.717) is 5.69 Å². The highest BCUT2D eigenvalue weighted by Crippen LogP contribution is 2.13. The Morgan fingerprint density at radius 2 is 1.47 bits per heavy atom. The van der Waals surface area contributed by atoms with Crippen molar-refractivity contribution in [3.05, 3.63) is 53.9 Å². The Balaban J connectivity index is 2.69. The largest absolute Gasteiger partial charge is 0.868 e. The SMILES string of the molecule is Cc1cccc(C)[n+]1-c1ccccc1[O-]. The summed E-state index contributed by atoms with van der Waals surface area (Å²) in [5.41, 5.74) is 2.85. The lowest BCUT2D eigenvalue weighted by atomic mass is 10.2. The summed E-state index contributed by atoms with van der Waals surface area (Å²) in [7, 11) is 0. The van der Waals surface area contributed by atoms with Gasteiger partial charge in [-0.1, -0.05) is 18.2 Å². The number of aromatic nitrogens is 1. The zero-order valence-corrected chi connectivity index (χ0v) is 8.90. The number of benzene rings is 1. The van der Waals surface area contributed by atoms with Gasteiger partial charge in [0.2, 0.25) is 5.69 Å². The van der Waals surface area contributed by atoms with Crippen molar-refractivity contribution in [3.8, 4) is 11.4 Å². The predicted molar refractivity (Wildman–Crippen MR) is 56.9 cm³/mol. The highest BCUT2D eigenvalue weighted by Gasteiger charge is 2.13. The van der Waals surface area contributed by atoms with E-state index in [1.165, 1.54) is 0 Å². The van der Waals surface area contributed by atoms with Crippen LogP contribution in [0, 0.1) is 13.8 Å². The highest BCUT2D eigenvalue weighted by molar-refractivity contribution is 5.37. The van der Waals surface area contributed by atoms with E-state index in [1.54, 1.807) is 12.1 Å². The van der Waals surface area contributed by atoms with E-state index in [9.17, 15) is 5.11 Å². The summed E-state index contributed by atoms with van der Waals surface area (Å²) in [5, 5.41) is 11.7. The Hall–Kier alpha value is -1.83. The third-order valence-electron chi connectivity index (χ3n) is 2.49. The van der Waals surface area contributed by atoms with E-state index in [0.717, 1.165) is 11.4 Å². The molecule has 0 aliphatic heterocycles. The molecule has 0 atom stereocenters. The van der Waals surface area contributed by atoms with Crippen molar-refractivity contribution < 1.29 is 9.67 Å². The molecule has 0 bridgehead atoms. The second-order valence-corrected chi connectivity index (χ2v) is 3.61. The number of nitrogens with zero attached hydrogens (tertiary/aromatic N) is 1. The lowest BCUT2D eigenvalue weighted by Gasteiger charge is -2.10. The number of hydrogen-bond donors (Lipinski definition) is 0. The fourth-order valence-corrected chi connectivity index (χ4v) is 1.78. The number of aryl methyl sites for hydroxylation is 2. The van der Waals surface area contributed by atoms with Crippen LogP contribution in [0.1, 0.15) is 11.4 Å². The predicted octanol–water partition coefficient (Wildman–Crippen LogP) is 1.65. The molecular formula is C13H13NO. The molecule has 0 aliphatic carbocycles. The summed E-state index contributed by atoms with van der Waals surface area (Å²) >= 11 is 0. The molecule has 0 spiro atoms. The second-order valence-electron chi connectivity index (χ2n) is 3.61. The molecule has 0 unspecified atom stereocenters. The average molecular weight is 199 g/mol. The zero-order chi connectivity index (χ0) is 10.8. The molecule has 2 heteroatoms. The van der Waals surface area contributed by atoms with Crippen LogP contribution in [0.25, 0.3) is 5.69 Å². The van der Waals surface area contributed by atoms with Gasteiger partial charge in [-0.25, -0.2) is 0 Å². The molecule has 0 amide bonds. The lowest BCUT2D eigenvalue weighted by Crippen LogP contribution is -2.38. The number of pyridine rings is 1. The molecule has 0 aliphatic rings. The number of hydrogen-bond acceptors (Lipinski definition) is 1. The first kappa shape index (κ1) is 9.71. The van der Waals surface area contributed by atoms with Crippen LogP contribution in [0.4, 0.5) is 0 Å². The fourth-order valence-electron chi connectivity index (χ4n) is 1.78. The van der Waals surface area contributed by atoms with Gasteiger partial charge in [-0.15, -0.1) is 0 Å². The first-order chi connectivity index (χ1) is 7.20. The summed E-state index contributed by atoms with van der Waals surface area (Å²) in [6.45, 7) is 4.00. The normalized spacial score (nSPS) is 10.3. The van der Waals surface area contributed by atoms with Crippen LogP contribution in [0.2, 0.25) is 0 Å². The first-order valence-electron chi connectivity index (χ1n) is 4.95. The minimum Gasteiger partial charge on any atom is -0.868 e. The quantitative estimate of drug-likeness (QED) is 0.641. The van der Waals surface area contributed by atoms with Crippen LogP contribution in [0.15, 0.2) is 42.5 Å². The fraction of sp³-hybridized carbons (Fsp3) is 0.154. The maximum Gasteiger partial charge on any atom is 0.203 e. The van der Waals surface area contributed by atoms with Gasteiger partial charge >= 0.3 is 0 Å². The Bertz CT molecular complexity index is 471. The van der Waals surface area contributed by atoms with Crippen molar-refractivity contribution in [2.24, 2.45) is 0 Å². The molecular weight excluding hydrogens is 186 g/mol. The van der Waals surface area contributed by atoms with Crippen LogP contribution in [0.5, 0.6) is 5.75 Å². The summed E-state index contributed by atoms with van der Waals surface area (Å²) in [4.78, 5) is 0. The van der Waals surface area contributed by atoms with Gasteiger partial charge in [-0.05, 0) is 11.8 Å². The Labute approximate surface area is 89.4 Å². The Morgan fingerprint density at radius 1 is 0.867 bits per heavy atom. The van der Waals surface area contributed by atoms with E-state index in [2.05, 4.69) is 0 Å². The van der Waals surface area contributed by atoms with Crippen molar-refractivity contribution in [1.29, 1.82) is 0 Å². The van der Waals surface area contributed by atoms with Crippen molar-refractivity contribution >= 4 is 0 Å². The molecule has 1 aromatic carbocycles. The van der Waals surface area contributed by atoms with Gasteiger partial charge in [0.15, 0.2) is 11.4 Å².